The van der Waals surface area contributed by atoms with Gasteiger partial charge in [0.05, 0.1) is 4.92 Å². The van der Waals surface area contributed by atoms with Gasteiger partial charge in [-0.2, -0.15) is 0 Å². The minimum Gasteiger partial charge on any atom is -0.366 e. The Labute approximate surface area is 147 Å². The minimum absolute atomic E-state index is 0.00584. The molecule has 2 fully saturated rings. The number of nitrogens with one attached hydrogen (secondary N) is 1. The van der Waals surface area contributed by atoms with E-state index in [1.807, 2.05) is 4.90 Å². The van der Waals surface area contributed by atoms with Gasteiger partial charge in [0, 0.05) is 37.3 Å². The maximum Gasteiger partial charge on any atom is 0.293 e. The summed E-state index contributed by atoms with van der Waals surface area (Å²) in [7, 11) is 0. The van der Waals surface area contributed by atoms with E-state index >= 15 is 0 Å². The normalized spacial score (nSPS) is 19.5. The molecule has 1 aromatic rings. The molecule has 1 amide bonds. The molecule has 1 saturated carbocycles. The number of amides is 1. The van der Waals surface area contributed by atoms with Crippen LogP contribution in [-0.2, 0) is 0 Å². The van der Waals surface area contributed by atoms with Crippen LogP contribution in [0, 0.1) is 22.0 Å². The number of carbonyl (C=O) groups excluding carboxylic acids is 1. The third kappa shape index (κ3) is 4.28. The number of nitro benzene ring substituents is 1. The minimum atomic E-state index is -0.403. The third-order valence-electron chi connectivity index (χ3n) is 5.28. The SMILES string of the molecule is CC1CCN(c2ccc(C(=O)NCC(N)C3CC3)cc2[N+](=O)[O-])CC1. The standard InChI is InChI=1S/C18H26N4O3/c1-12-6-8-21(9-7-12)16-5-4-14(10-17(16)22(24)25)18(23)20-11-15(19)13-2-3-13/h4-5,10,12-13,15H,2-3,6-9,11,19H2,1H3,(H,20,23). The largest absolute Gasteiger partial charge is 0.366 e. The van der Waals surface area contributed by atoms with Crippen LogP contribution in [0.3, 0.4) is 0 Å². The second kappa shape index (κ2) is 7.39. The number of benzene rings is 1. The highest BCUT2D eigenvalue weighted by molar-refractivity contribution is 5.95. The summed E-state index contributed by atoms with van der Waals surface area (Å²) in [5, 5.41) is 14.3. The van der Waals surface area contributed by atoms with Crippen LogP contribution in [0.15, 0.2) is 18.2 Å². The van der Waals surface area contributed by atoms with Crippen molar-refractivity contribution in [2.45, 2.75) is 38.6 Å². The van der Waals surface area contributed by atoms with E-state index in [1.165, 1.54) is 6.07 Å². The molecule has 1 saturated heterocycles. The van der Waals surface area contributed by atoms with Gasteiger partial charge in [-0.05, 0) is 49.7 Å². The van der Waals surface area contributed by atoms with Crippen molar-refractivity contribution in [1.29, 1.82) is 0 Å². The molecule has 0 bridgehead atoms. The molecule has 1 aliphatic heterocycles. The number of nitrogens with zero attached hydrogens (tertiary/aromatic N) is 2. The van der Waals surface area contributed by atoms with Crippen LogP contribution in [0.25, 0.3) is 0 Å². The Bertz CT molecular complexity index is 652. The summed E-state index contributed by atoms with van der Waals surface area (Å²) in [6, 6.07) is 4.71. The Morgan fingerprint density at radius 3 is 2.64 bits per heavy atom. The number of rotatable bonds is 6. The first-order valence-corrected chi connectivity index (χ1v) is 9.03. The average Bonchev–Trinajstić information content (AvgIpc) is 3.44. The van der Waals surface area contributed by atoms with E-state index in [2.05, 4.69) is 12.2 Å². The first-order chi connectivity index (χ1) is 12.0. The van der Waals surface area contributed by atoms with Crippen molar-refractivity contribution in [1.82, 2.24) is 5.32 Å². The van der Waals surface area contributed by atoms with Crippen molar-refractivity contribution in [3.05, 3.63) is 33.9 Å². The first kappa shape index (κ1) is 17.7. The number of nitro groups is 1. The molecule has 136 valence electrons. The van der Waals surface area contributed by atoms with Crippen LogP contribution in [0.1, 0.15) is 43.0 Å². The molecule has 1 atom stereocenters. The fraction of sp³-hybridized carbons (Fsp3) is 0.611. The fourth-order valence-electron chi connectivity index (χ4n) is 3.33. The van der Waals surface area contributed by atoms with Crippen molar-refractivity contribution in [2.24, 2.45) is 17.6 Å². The summed E-state index contributed by atoms with van der Waals surface area (Å²) >= 11 is 0. The van der Waals surface area contributed by atoms with E-state index in [0.29, 0.717) is 29.6 Å². The molecule has 0 spiro atoms. The van der Waals surface area contributed by atoms with Gasteiger partial charge in [0.1, 0.15) is 5.69 Å². The molecule has 2 aliphatic rings. The quantitative estimate of drug-likeness (QED) is 0.608. The van der Waals surface area contributed by atoms with Crippen molar-refractivity contribution >= 4 is 17.3 Å². The van der Waals surface area contributed by atoms with Gasteiger partial charge in [-0.15, -0.1) is 0 Å². The van der Waals surface area contributed by atoms with Gasteiger partial charge in [0.2, 0.25) is 0 Å². The molecular formula is C18H26N4O3. The lowest BCUT2D eigenvalue weighted by atomic mass is 9.98. The second-order valence-electron chi connectivity index (χ2n) is 7.34. The summed E-state index contributed by atoms with van der Waals surface area (Å²) < 4.78 is 0. The van der Waals surface area contributed by atoms with Crippen molar-refractivity contribution < 1.29 is 9.72 Å². The topological polar surface area (TPSA) is 102 Å². The van der Waals surface area contributed by atoms with Crippen LogP contribution in [0.2, 0.25) is 0 Å². The zero-order valence-electron chi connectivity index (χ0n) is 14.6. The van der Waals surface area contributed by atoms with E-state index < -0.39 is 4.92 Å². The summed E-state index contributed by atoms with van der Waals surface area (Å²) in [4.78, 5) is 25.4. The number of piperidine rings is 1. The van der Waals surface area contributed by atoms with Crippen LogP contribution in [0.5, 0.6) is 0 Å². The zero-order valence-corrected chi connectivity index (χ0v) is 14.6. The Kier molecular flexibility index (Phi) is 5.22. The van der Waals surface area contributed by atoms with E-state index in [9.17, 15) is 14.9 Å². The van der Waals surface area contributed by atoms with Crippen LogP contribution >= 0.6 is 0 Å². The van der Waals surface area contributed by atoms with E-state index in [4.69, 9.17) is 5.73 Å². The lowest BCUT2D eigenvalue weighted by Gasteiger charge is -2.31. The first-order valence-electron chi connectivity index (χ1n) is 9.03. The van der Waals surface area contributed by atoms with Gasteiger partial charge in [0.25, 0.3) is 11.6 Å². The fourth-order valence-corrected chi connectivity index (χ4v) is 3.33. The molecule has 3 rings (SSSR count). The maximum atomic E-state index is 12.3. The van der Waals surface area contributed by atoms with E-state index in [1.54, 1.807) is 12.1 Å². The summed E-state index contributed by atoms with van der Waals surface area (Å²) in [5.74, 6) is 0.840. The Morgan fingerprint density at radius 2 is 2.04 bits per heavy atom. The second-order valence-corrected chi connectivity index (χ2v) is 7.34. The smallest absolute Gasteiger partial charge is 0.293 e. The Hall–Kier alpha value is -2.15. The number of carbonyl (C=O) groups is 1. The molecule has 1 unspecified atom stereocenters. The number of nitrogens with two attached hydrogens (primary N) is 1. The summed E-state index contributed by atoms with van der Waals surface area (Å²) in [5.41, 5.74) is 6.89. The average molecular weight is 346 g/mol. The van der Waals surface area contributed by atoms with Gasteiger partial charge in [0.15, 0.2) is 0 Å². The van der Waals surface area contributed by atoms with Crippen molar-refractivity contribution in [3.8, 4) is 0 Å². The third-order valence-corrected chi connectivity index (χ3v) is 5.28. The molecular weight excluding hydrogens is 320 g/mol. The molecule has 7 nitrogen and oxygen atoms in total. The zero-order chi connectivity index (χ0) is 18.0. The number of hydrogen-bond donors (Lipinski definition) is 2. The molecule has 1 aliphatic carbocycles. The molecule has 7 heteroatoms. The highest BCUT2D eigenvalue weighted by Gasteiger charge is 2.29. The predicted octanol–water partition coefficient (Wildman–Crippen LogP) is 2.30. The maximum absolute atomic E-state index is 12.3. The predicted molar refractivity (Wildman–Crippen MR) is 96.7 cm³/mol. The monoisotopic (exact) mass is 346 g/mol. The lowest BCUT2D eigenvalue weighted by molar-refractivity contribution is -0.384. The molecule has 0 aromatic heterocycles. The highest BCUT2D eigenvalue weighted by Crippen LogP contribution is 2.33. The Balaban J connectivity index is 1.71. The van der Waals surface area contributed by atoms with Gasteiger partial charge < -0.3 is 16.0 Å². The molecule has 1 aromatic carbocycles. The number of anilines is 1. The van der Waals surface area contributed by atoms with Gasteiger partial charge in [-0.1, -0.05) is 6.92 Å². The Morgan fingerprint density at radius 1 is 1.36 bits per heavy atom. The van der Waals surface area contributed by atoms with E-state index in [-0.39, 0.29) is 17.6 Å². The lowest BCUT2D eigenvalue weighted by Crippen LogP contribution is -2.38. The molecule has 1 heterocycles. The molecule has 25 heavy (non-hydrogen) atoms. The van der Waals surface area contributed by atoms with Gasteiger partial charge in [-0.25, -0.2) is 0 Å². The van der Waals surface area contributed by atoms with E-state index in [0.717, 1.165) is 38.8 Å². The van der Waals surface area contributed by atoms with Crippen LogP contribution in [-0.4, -0.2) is 36.5 Å². The van der Waals surface area contributed by atoms with Crippen LogP contribution in [0.4, 0.5) is 11.4 Å². The van der Waals surface area contributed by atoms with Crippen molar-refractivity contribution in [3.63, 3.8) is 0 Å². The van der Waals surface area contributed by atoms with Gasteiger partial charge >= 0.3 is 0 Å². The van der Waals surface area contributed by atoms with Crippen LogP contribution < -0.4 is 16.0 Å². The summed E-state index contributed by atoms with van der Waals surface area (Å²) in [6.45, 7) is 4.22. The molecule has 3 N–H and O–H groups in total. The number of hydrogen-bond acceptors (Lipinski definition) is 5. The van der Waals surface area contributed by atoms with Gasteiger partial charge in [-0.3, -0.25) is 14.9 Å². The summed E-state index contributed by atoms with van der Waals surface area (Å²) in [6.07, 6.45) is 4.29. The highest BCUT2D eigenvalue weighted by atomic mass is 16.6. The van der Waals surface area contributed by atoms with Crippen molar-refractivity contribution in [2.75, 3.05) is 24.5 Å². The molecule has 0 radical (unpaired) electrons.